The van der Waals surface area contributed by atoms with Crippen LogP contribution in [0.4, 0.5) is 5.69 Å². The van der Waals surface area contributed by atoms with E-state index in [-0.39, 0.29) is 11.9 Å². The molecule has 0 aliphatic heterocycles. The first-order chi connectivity index (χ1) is 14.1. The van der Waals surface area contributed by atoms with Crippen LogP contribution in [0.2, 0.25) is 0 Å². The smallest absolute Gasteiger partial charge is 0.255 e. The molecule has 0 radical (unpaired) electrons. The van der Waals surface area contributed by atoms with E-state index in [9.17, 15) is 4.79 Å². The maximum absolute atomic E-state index is 12.7. The molecule has 2 aromatic heterocycles. The molecule has 0 saturated carbocycles. The Labute approximate surface area is 168 Å². The second-order valence-corrected chi connectivity index (χ2v) is 6.99. The van der Waals surface area contributed by atoms with Crippen molar-refractivity contribution in [3.05, 3.63) is 78.1 Å². The SMILES string of the molecule is CC(C)n1nnnc1-c1cccc(C(=O)Nc2cnn(Cc3ccccc3)c2)c1. The number of anilines is 1. The number of hydrogen-bond acceptors (Lipinski definition) is 5. The van der Waals surface area contributed by atoms with Crippen molar-refractivity contribution in [1.82, 2.24) is 30.0 Å². The molecule has 0 saturated heterocycles. The summed E-state index contributed by atoms with van der Waals surface area (Å²) in [6.45, 7) is 4.65. The van der Waals surface area contributed by atoms with E-state index in [1.54, 1.807) is 27.7 Å². The minimum Gasteiger partial charge on any atom is -0.319 e. The highest BCUT2D eigenvalue weighted by Crippen LogP contribution is 2.20. The molecule has 0 bridgehead atoms. The van der Waals surface area contributed by atoms with Gasteiger partial charge in [0.1, 0.15) is 0 Å². The van der Waals surface area contributed by atoms with Gasteiger partial charge in [-0.05, 0) is 42.0 Å². The predicted molar refractivity (Wildman–Crippen MR) is 109 cm³/mol. The monoisotopic (exact) mass is 387 g/mol. The van der Waals surface area contributed by atoms with E-state index in [1.165, 1.54) is 0 Å². The number of rotatable bonds is 6. The maximum Gasteiger partial charge on any atom is 0.255 e. The molecule has 0 unspecified atom stereocenters. The van der Waals surface area contributed by atoms with Crippen LogP contribution < -0.4 is 5.32 Å². The van der Waals surface area contributed by atoms with E-state index in [0.717, 1.165) is 11.1 Å². The lowest BCUT2D eigenvalue weighted by Crippen LogP contribution is -2.12. The second kappa shape index (κ2) is 8.05. The van der Waals surface area contributed by atoms with Gasteiger partial charge in [-0.1, -0.05) is 42.5 Å². The lowest BCUT2D eigenvalue weighted by molar-refractivity contribution is 0.102. The van der Waals surface area contributed by atoms with Gasteiger partial charge in [0.25, 0.3) is 5.91 Å². The Kier molecular flexibility index (Phi) is 5.15. The van der Waals surface area contributed by atoms with Crippen LogP contribution in [0.15, 0.2) is 67.0 Å². The zero-order valence-electron chi connectivity index (χ0n) is 16.2. The predicted octanol–water partition coefficient (Wildman–Crippen LogP) is 3.42. The summed E-state index contributed by atoms with van der Waals surface area (Å²) in [4.78, 5) is 12.7. The molecule has 1 amide bonds. The summed E-state index contributed by atoms with van der Waals surface area (Å²) in [7, 11) is 0. The number of carbonyl (C=O) groups is 1. The lowest BCUT2D eigenvalue weighted by Gasteiger charge is -2.09. The third kappa shape index (κ3) is 4.21. The largest absolute Gasteiger partial charge is 0.319 e. The molecule has 2 aromatic carbocycles. The minimum absolute atomic E-state index is 0.118. The molecule has 1 N–H and O–H groups in total. The molecule has 29 heavy (non-hydrogen) atoms. The number of amides is 1. The summed E-state index contributed by atoms with van der Waals surface area (Å²) in [5, 5.41) is 19.1. The summed E-state index contributed by atoms with van der Waals surface area (Å²) < 4.78 is 3.52. The number of carbonyl (C=O) groups excluding carboxylic acids is 1. The molecule has 0 fully saturated rings. The number of tetrazole rings is 1. The Bertz CT molecular complexity index is 1110. The molecule has 0 atom stereocenters. The van der Waals surface area contributed by atoms with Crippen molar-refractivity contribution in [2.24, 2.45) is 0 Å². The molecule has 8 heteroatoms. The first kappa shape index (κ1) is 18.5. The number of hydrogen-bond donors (Lipinski definition) is 1. The van der Waals surface area contributed by atoms with E-state index >= 15 is 0 Å². The van der Waals surface area contributed by atoms with Crippen molar-refractivity contribution in [2.75, 3.05) is 5.32 Å². The highest BCUT2D eigenvalue weighted by molar-refractivity contribution is 6.04. The summed E-state index contributed by atoms with van der Waals surface area (Å²) in [5.74, 6) is 0.417. The van der Waals surface area contributed by atoms with Crippen LogP contribution in [-0.2, 0) is 6.54 Å². The standard InChI is InChI=1S/C21H21N7O/c1-15(2)28-20(24-25-26-28)17-9-6-10-18(11-17)21(29)23-19-12-22-27(14-19)13-16-7-4-3-5-8-16/h3-12,14-15H,13H2,1-2H3,(H,23,29). The van der Waals surface area contributed by atoms with Gasteiger partial charge >= 0.3 is 0 Å². The van der Waals surface area contributed by atoms with Crippen LogP contribution in [-0.4, -0.2) is 35.9 Å². The second-order valence-electron chi connectivity index (χ2n) is 6.99. The number of nitrogens with zero attached hydrogens (tertiary/aromatic N) is 6. The van der Waals surface area contributed by atoms with E-state index in [0.29, 0.717) is 23.6 Å². The first-order valence-corrected chi connectivity index (χ1v) is 9.36. The van der Waals surface area contributed by atoms with Crippen LogP contribution in [0.3, 0.4) is 0 Å². The molecule has 4 rings (SSSR count). The van der Waals surface area contributed by atoms with Crippen molar-refractivity contribution >= 4 is 11.6 Å². The Morgan fingerprint density at radius 2 is 1.93 bits per heavy atom. The Morgan fingerprint density at radius 3 is 2.72 bits per heavy atom. The Balaban J connectivity index is 1.49. The lowest BCUT2D eigenvalue weighted by atomic mass is 10.1. The van der Waals surface area contributed by atoms with Crippen LogP contribution in [0.25, 0.3) is 11.4 Å². The summed E-state index contributed by atoms with van der Waals surface area (Å²) in [6, 6.07) is 17.4. The highest BCUT2D eigenvalue weighted by Gasteiger charge is 2.14. The molecule has 146 valence electrons. The van der Waals surface area contributed by atoms with Gasteiger partial charge in [-0.2, -0.15) is 5.10 Å². The molecule has 0 aliphatic rings. The van der Waals surface area contributed by atoms with Gasteiger partial charge in [0.2, 0.25) is 0 Å². The third-order valence-electron chi connectivity index (χ3n) is 4.44. The highest BCUT2D eigenvalue weighted by atomic mass is 16.1. The van der Waals surface area contributed by atoms with Crippen molar-refractivity contribution in [1.29, 1.82) is 0 Å². The van der Waals surface area contributed by atoms with Gasteiger partial charge in [-0.3, -0.25) is 9.48 Å². The van der Waals surface area contributed by atoms with Crippen LogP contribution >= 0.6 is 0 Å². The normalized spacial score (nSPS) is 11.0. The first-order valence-electron chi connectivity index (χ1n) is 9.36. The van der Waals surface area contributed by atoms with Crippen molar-refractivity contribution in [3.63, 3.8) is 0 Å². The average molecular weight is 387 g/mol. The quantitative estimate of drug-likeness (QED) is 0.547. The summed E-state index contributed by atoms with van der Waals surface area (Å²) in [6.07, 6.45) is 3.46. The van der Waals surface area contributed by atoms with Crippen molar-refractivity contribution in [3.8, 4) is 11.4 Å². The van der Waals surface area contributed by atoms with Gasteiger partial charge in [-0.15, -0.1) is 5.10 Å². The molecule has 4 aromatic rings. The van der Waals surface area contributed by atoms with Gasteiger partial charge in [0.15, 0.2) is 5.82 Å². The molecular weight excluding hydrogens is 366 g/mol. The Morgan fingerprint density at radius 1 is 1.10 bits per heavy atom. The third-order valence-corrected chi connectivity index (χ3v) is 4.44. The number of aromatic nitrogens is 6. The molecule has 2 heterocycles. The topological polar surface area (TPSA) is 90.5 Å². The fraction of sp³-hybridized carbons (Fsp3) is 0.190. The zero-order valence-corrected chi connectivity index (χ0v) is 16.2. The van der Waals surface area contributed by atoms with Crippen LogP contribution in [0.1, 0.15) is 35.8 Å². The molecule has 8 nitrogen and oxygen atoms in total. The number of benzene rings is 2. The Hall–Kier alpha value is -3.81. The summed E-state index contributed by atoms with van der Waals surface area (Å²) in [5.41, 5.74) is 3.10. The average Bonchev–Trinajstić information content (AvgIpc) is 3.39. The van der Waals surface area contributed by atoms with Gasteiger partial charge < -0.3 is 5.32 Å². The van der Waals surface area contributed by atoms with E-state index in [2.05, 4.69) is 25.9 Å². The summed E-state index contributed by atoms with van der Waals surface area (Å²) >= 11 is 0. The number of nitrogens with one attached hydrogen (secondary N) is 1. The van der Waals surface area contributed by atoms with Crippen molar-refractivity contribution < 1.29 is 4.79 Å². The minimum atomic E-state index is -0.213. The fourth-order valence-electron chi connectivity index (χ4n) is 3.02. The maximum atomic E-state index is 12.7. The molecule has 0 aliphatic carbocycles. The van der Waals surface area contributed by atoms with Gasteiger partial charge in [0, 0.05) is 17.3 Å². The van der Waals surface area contributed by atoms with Gasteiger partial charge in [-0.25, -0.2) is 4.68 Å². The van der Waals surface area contributed by atoms with E-state index < -0.39 is 0 Å². The van der Waals surface area contributed by atoms with E-state index in [1.807, 2.05) is 62.5 Å². The molecular formula is C21H21N7O. The molecule has 0 spiro atoms. The fourth-order valence-corrected chi connectivity index (χ4v) is 3.02. The van der Waals surface area contributed by atoms with Crippen molar-refractivity contribution in [2.45, 2.75) is 26.4 Å². The van der Waals surface area contributed by atoms with E-state index in [4.69, 9.17) is 0 Å². The van der Waals surface area contributed by atoms with Gasteiger partial charge in [0.05, 0.1) is 24.5 Å². The zero-order chi connectivity index (χ0) is 20.2. The van der Waals surface area contributed by atoms with Crippen LogP contribution in [0.5, 0.6) is 0 Å². The van der Waals surface area contributed by atoms with Crippen LogP contribution in [0, 0.1) is 0 Å².